The maximum Gasteiger partial charge on any atom is 0.264 e. The van der Waals surface area contributed by atoms with Crippen LogP contribution in [0.15, 0.2) is 41.6 Å². The monoisotopic (exact) mass is 278 g/mol. The van der Waals surface area contributed by atoms with E-state index in [0.29, 0.717) is 5.69 Å². The third-order valence-electron chi connectivity index (χ3n) is 2.53. The van der Waals surface area contributed by atoms with Gasteiger partial charge in [-0.1, -0.05) is 6.92 Å². The Hall–Kier alpha value is -2.15. The topological polar surface area (TPSA) is 98.0 Å². The number of hydrogen-bond donors (Lipinski definition) is 2. The highest BCUT2D eigenvalue weighted by Gasteiger charge is 2.15. The summed E-state index contributed by atoms with van der Waals surface area (Å²) in [7, 11) is -3.68. The van der Waals surface area contributed by atoms with Crippen LogP contribution in [-0.2, 0) is 16.4 Å². The summed E-state index contributed by atoms with van der Waals surface area (Å²) in [5.41, 5.74) is 6.96. The number of hydrogen-bond acceptors (Lipinski definition) is 5. The van der Waals surface area contributed by atoms with Gasteiger partial charge in [0.2, 0.25) is 5.95 Å². The molecule has 3 N–H and O–H groups in total. The van der Waals surface area contributed by atoms with E-state index in [-0.39, 0.29) is 10.8 Å². The molecule has 0 unspecified atom stereocenters. The van der Waals surface area contributed by atoms with E-state index in [0.717, 1.165) is 12.0 Å². The highest BCUT2D eigenvalue weighted by Crippen LogP contribution is 2.14. The van der Waals surface area contributed by atoms with E-state index in [2.05, 4.69) is 14.7 Å². The second kappa shape index (κ2) is 5.23. The van der Waals surface area contributed by atoms with Crippen molar-refractivity contribution in [3.8, 4) is 0 Å². The van der Waals surface area contributed by atoms with Crippen molar-refractivity contribution in [3.63, 3.8) is 0 Å². The van der Waals surface area contributed by atoms with Gasteiger partial charge in [0.25, 0.3) is 10.0 Å². The van der Waals surface area contributed by atoms with E-state index in [1.165, 1.54) is 24.3 Å². The first-order valence-corrected chi connectivity index (χ1v) is 7.19. The molecule has 0 saturated carbocycles. The van der Waals surface area contributed by atoms with Crippen molar-refractivity contribution in [2.24, 2.45) is 0 Å². The quantitative estimate of drug-likeness (QED) is 0.824. The lowest BCUT2D eigenvalue weighted by atomic mass is 10.3. The predicted octanol–water partition coefficient (Wildman–Crippen LogP) is 1.42. The van der Waals surface area contributed by atoms with Crippen LogP contribution in [0.4, 0.5) is 11.6 Å². The molecule has 7 heteroatoms. The molecule has 0 aliphatic rings. The van der Waals surface area contributed by atoms with Crippen LogP contribution < -0.4 is 10.5 Å². The van der Waals surface area contributed by atoms with Crippen LogP contribution in [0.5, 0.6) is 0 Å². The molecular weight excluding hydrogens is 264 g/mol. The molecule has 0 aliphatic carbocycles. The van der Waals surface area contributed by atoms with Gasteiger partial charge in [0.1, 0.15) is 0 Å². The number of aryl methyl sites for hydroxylation is 1. The second-order valence-corrected chi connectivity index (χ2v) is 5.63. The largest absolute Gasteiger partial charge is 0.399 e. The van der Waals surface area contributed by atoms with Gasteiger partial charge >= 0.3 is 0 Å². The summed E-state index contributed by atoms with van der Waals surface area (Å²) in [5, 5.41) is 0. The second-order valence-electron chi connectivity index (χ2n) is 3.94. The molecule has 0 spiro atoms. The average molecular weight is 278 g/mol. The number of rotatable bonds is 4. The van der Waals surface area contributed by atoms with Crippen LogP contribution in [0.25, 0.3) is 0 Å². The van der Waals surface area contributed by atoms with Crippen LogP contribution in [0.1, 0.15) is 12.5 Å². The van der Waals surface area contributed by atoms with Gasteiger partial charge in [0, 0.05) is 18.1 Å². The molecule has 0 fully saturated rings. The van der Waals surface area contributed by atoms with Crippen LogP contribution in [0.2, 0.25) is 0 Å². The first kappa shape index (κ1) is 13.3. The molecule has 0 aliphatic heterocycles. The minimum Gasteiger partial charge on any atom is -0.399 e. The Balaban J connectivity index is 2.23. The summed E-state index contributed by atoms with van der Waals surface area (Å²) in [6.07, 6.45) is 3.98. The zero-order valence-corrected chi connectivity index (χ0v) is 11.2. The smallest absolute Gasteiger partial charge is 0.264 e. The predicted molar refractivity (Wildman–Crippen MR) is 73.1 cm³/mol. The van der Waals surface area contributed by atoms with Crippen molar-refractivity contribution < 1.29 is 8.42 Å². The Kier molecular flexibility index (Phi) is 3.66. The van der Waals surface area contributed by atoms with Gasteiger partial charge in [-0.25, -0.2) is 23.1 Å². The average Bonchev–Trinajstić information content (AvgIpc) is 2.40. The van der Waals surface area contributed by atoms with Crippen molar-refractivity contribution in [1.82, 2.24) is 9.97 Å². The van der Waals surface area contributed by atoms with Crippen LogP contribution in [-0.4, -0.2) is 18.4 Å². The molecule has 1 heterocycles. The Labute approximate surface area is 111 Å². The molecule has 19 heavy (non-hydrogen) atoms. The molecule has 2 aromatic rings. The molecular formula is C12H14N4O2S. The van der Waals surface area contributed by atoms with Crippen LogP contribution in [0.3, 0.4) is 0 Å². The van der Waals surface area contributed by atoms with Gasteiger partial charge in [-0.2, -0.15) is 0 Å². The van der Waals surface area contributed by atoms with E-state index in [1.54, 1.807) is 12.4 Å². The van der Waals surface area contributed by atoms with Gasteiger partial charge in [-0.3, -0.25) is 0 Å². The molecule has 1 aromatic heterocycles. The summed E-state index contributed by atoms with van der Waals surface area (Å²) in [6, 6.07) is 5.90. The molecule has 6 nitrogen and oxygen atoms in total. The number of nitrogens with zero attached hydrogens (tertiary/aromatic N) is 2. The van der Waals surface area contributed by atoms with Gasteiger partial charge < -0.3 is 5.73 Å². The van der Waals surface area contributed by atoms with E-state index in [9.17, 15) is 8.42 Å². The highest BCUT2D eigenvalue weighted by molar-refractivity contribution is 7.92. The Morgan fingerprint density at radius 1 is 1.16 bits per heavy atom. The van der Waals surface area contributed by atoms with Crippen molar-refractivity contribution in [2.45, 2.75) is 18.2 Å². The number of nitrogens with two attached hydrogens (primary N) is 1. The lowest BCUT2D eigenvalue weighted by Crippen LogP contribution is -2.15. The number of sulfonamides is 1. The Morgan fingerprint density at radius 3 is 2.26 bits per heavy atom. The number of benzene rings is 1. The summed E-state index contributed by atoms with van der Waals surface area (Å²) in [4.78, 5) is 8.02. The molecule has 0 radical (unpaired) electrons. The molecule has 0 saturated heterocycles. The number of aromatic nitrogens is 2. The first-order valence-electron chi connectivity index (χ1n) is 5.70. The lowest BCUT2D eigenvalue weighted by Gasteiger charge is -2.06. The normalized spacial score (nSPS) is 11.2. The fourth-order valence-corrected chi connectivity index (χ4v) is 2.37. The SMILES string of the molecule is CCc1cnc(NS(=O)(=O)c2ccc(N)cc2)nc1. The van der Waals surface area contributed by atoms with Gasteiger partial charge in [-0.05, 0) is 36.2 Å². The Morgan fingerprint density at radius 2 is 1.74 bits per heavy atom. The summed E-state index contributed by atoms with van der Waals surface area (Å²) < 4.78 is 26.4. The van der Waals surface area contributed by atoms with E-state index >= 15 is 0 Å². The zero-order valence-electron chi connectivity index (χ0n) is 10.4. The minimum atomic E-state index is -3.68. The molecule has 1 aromatic carbocycles. The zero-order chi connectivity index (χ0) is 13.9. The Bertz CT molecular complexity index is 651. The minimum absolute atomic E-state index is 0.0500. The van der Waals surface area contributed by atoms with Crippen molar-refractivity contribution in [2.75, 3.05) is 10.5 Å². The molecule has 100 valence electrons. The fourth-order valence-electron chi connectivity index (χ4n) is 1.42. The lowest BCUT2D eigenvalue weighted by molar-refractivity contribution is 0.601. The van der Waals surface area contributed by atoms with Crippen molar-refractivity contribution >= 4 is 21.7 Å². The third-order valence-corrected chi connectivity index (χ3v) is 3.87. The number of anilines is 2. The third kappa shape index (κ3) is 3.19. The van der Waals surface area contributed by atoms with E-state index in [1.807, 2.05) is 6.92 Å². The summed E-state index contributed by atoms with van der Waals surface area (Å²) in [6.45, 7) is 1.97. The van der Waals surface area contributed by atoms with E-state index in [4.69, 9.17) is 5.73 Å². The molecule has 0 bridgehead atoms. The van der Waals surface area contributed by atoms with Gasteiger partial charge in [-0.15, -0.1) is 0 Å². The maximum absolute atomic E-state index is 12.0. The highest BCUT2D eigenvalue weighted by atomic mass is 32.2. The van der Waals surface area contributed by atoms with Crippen LogP contribution >= 0.6 is 0 Å². The van der Waals surface area contributed by atoms with Gasteiger partial charge in [0.15, 0.2) is 0 Å². The van der Waals surface area contributed by atoms with Gasteiger partial charge in [0.05, 0.1) is 4.90 Å². The van der Waals surface area contributed by atoms with Crippen molar-refractivity contribution in [3.05, 3.63) is 42.2 Å². The van der Waals surface area contributed by atoms with E-state index < -0.39 is 10.0 Å². The van der Waals surface area contributed by atoms with Crippen LogP contribution in [0, 0.1) is 0 Å². The standard InChI is InChI=1S/C12H14N4O2S/c1-2-9-7-14-12(15-8-9)16-19(17,18)11-5-3-10(13)4-6-11/h3-8H,2,13H2,1H3,(H,14,15,16). The number of nitrogen functional groups attached to an aromatic ring is 1. The molecule has 0 amide bonds. The summed E-state index contributed by atoms with van der Waals surface area (Å²) >= 11 is 0. The number of nitrogens with one attached hydrogen (secondary N) is 1. The molecule has 2 rings (SSSR count). The maximum atomic E-state index is 12.0. The first-order chi connectivity index (χ1) is 9.01. The fraction of sp³-hybridized carbons (Fsp3) is 0.167. The van der Waals surface area contributed by atoms with Crippen molar-refractivity contribution in [1.29, 1.82) is 0 Å². The summed E-state index contributed by atoms with van der Waals surface area (Å²) in [5.74, 6) is 0.0500. The molecule has 0 atom stereocenters.